The van der Waals surface area contributed by atoms with Gasteiger partial charge in [0.25, 0.3) is 0 Å². The summed E-state index contributed by atoms with van der Waals surface area (Å²) >= 11 is 0. The monoisotopic (exact) mass is 383 g/mol. The highest BCUT2D eigenvalue weighted by Crippen LogP contribution is 2.27. The van der Waals surface area contributed by atoms with Gasteiger partial charge in [-0.3, -0.25) is 4.79 Å². The standard InChI is InChI=1S/C23H29NO4/c1-26-20-10-7-18(8-11-20)9-12-23(25)24-15-13-19(17-24)14-16-28-22-6-4-3-5-21(22)27-2/h3-8,10-11,19H,9,12-17H2,1-2H3. The Hall–Kier alpha value is -2.69. The molecule has 28 heavy (non-hydrogen) atoms. The molecule has 1 saturated heterocycles. The molecule has 1 atom stereocenters. The number of likely N-dealkylation sites (tertiary alicyclic amines) is 1. The molecule has 1 heterocycles. The molecular weight excluding hydrogens is 354 g/mol. The van der Waals surface area contributed by atoms with Crippen LogP contribution >= 0.6 is 0 Å². The van der Waals surface area contributed by atoms with Gasteiger partial charge in [0, 0.05) is 19.5 Å². The van der Waals surface area contributed by atoms with Gasteiger partial charge in [-0.2, -0.15) is 0 Å². The molecule has 2 aromatic carbocycles. The second-order valence-corrected chi connectivity index (χ2v) is 7.13. The first-order chi connectivity index (χ1) is 13.7. The van der Waals surface area contributed by atoms with E-state index in [1.54, 1.807) is 14.2 Å². The Morgan fingerprint density at radius 3 is 2.50 bits per heavy atom. The number of hydrogen-bond donors (Lipinski definition) is 0. The van der Waals surface area contributed by atoms with Crippen molar-refractivity contribution in [1.29, 1.82) is 0 Å². The van der Waals surface area contributed by atoms with Gasteiger partial charge < -0.3 is 19.1 Å². The summed E-state index contributed by atoms with van der Waals surface area (Å²) < 4.78 is 16.3. The Kier molecular flexibility index (Phi) is 7.18. The summed E-state index contributed by atoms with van der Waals surface area (Å²) in [4.78, 5) is 14.5. The molecule has 0 aromatic heterocycles. The van der Waals surface area contributed by atoms with E-state index in [0.717, 1.165) is 55.2 Å². The summed E-state index contributed by atoms with van der Waals surface area (Å²) in [5.74, 6) is 3.11. The van der Waals surface area contributed by atoms with Crippen molar-refractivity contribution in [2.24, 2.45) is 5.92 Å². The van der Waals surface area contributed by atoms with Gasteiger partial charge in [0.2, 0.25) is 5.91 Å². The van der Waals surface area contributed by atoms with Crippen molar-refractivity contribution in [3.8, 4) is 17.2 Å². The average Bonchev–Trinajstić information content (AvgIpc) is 3.22. The summed E-state index contributed by atoms with van der Waals surface area (Å²) in [5, 5.41) is 0. The van der Waals surface area contributed by atoms with E-state index in [0.29, 0.717) is 18.9 Å². The number of carbonyl (C=O) groups is 1. The van der Waals surface area contributed by atoms with Gasteiger partial charge in [-0.25, -0.2) is 0 Å². The molecule has 0 aliphatic carbocycles. The summed E-state index contributed by atoms with van der Waals surface area (Å²) in [5.41, 5.74) is 1.16. The van der Waals surface area contributed by atoms with Crippen molar-refractivity contribution in [1.82, 2.24) is 4.90 Å². The molecule has 2 aromatic rings. The second-order valence-electron chi connectivity index (χ2n) is 7.13. The number of methoxy groups -OCH3 is 2. The number of carbonyl (C=O) groups excluding carboxylic acids is 1. The summed E-state index contributed by atoms with van der Waals surface area (Å²) in [7, 11) is 3.30. The minimum atomic E-state index is 0.240. The molecule has 150 valence electrons. The van der Waals surface area contributed by atoms with Crippen LogP contribution in [0.4, 0.5) is 0 Å². The Morgan fingerprint density at radius 1 is 1.04 bits per heavy atom. The minimum absolute atomic E-state index is 0.240. The zero-order chi connectivity index (χ0) is 19.8. The van der Waals surface area contributed by atoms with Crippen LogP contribution in [-0.2, 0) is 11.2 Å². The minimum Gasteiger partial charge on any atom is -0.497 e. The van der Waals surface area contributed by atoms with Crippen molar-refractivity contribution >= 4 is 5.91 Å². The van der Waals surface area contributed by atoms with Crippen LogP contribution in [-0.4, -0.2) is 44.7 Å². The number of benzene rings is 2. The van der Waals surface area contributed by atoms with Crippen LogP contribution in [0, 0.1) is 5.92 Å². The third-order valence-corrected chi connectivity index (χ3v) is 5.28. The summed E-state index contributed by atoms with van der Waals surface area (Å²) in [6.45, 7) is 2.32. The van der Waals surface area contributed by atoms with E-state index in [1.807, 2.05) is 53.4 Å². The zero-order valence-electron chi connectivity index (χ0n) is 16.7. The molecule has 1 unspecified atom stereocenters. The van der Waals surface area contributed by atoms with Crippen LogP contribution in [0.3, 0.4) is 0 Å². The maximum Gasteiger partial charge on any atom is 0.222 e. The first-order valence-corrected chi connectivity index (χ1v) is 9.86. The van der Waals surface area contributed by atoms with Crippen LogP contribution in [0.1, 0.15) is 24.8 Å². The van der Waals surface area contributed by atoms with E-state index in [4.69, 9.17) is 14.2 Å². The first kappa shape index (κ1) is 20.1. The Labute approximate surface area is 167 Å². The number of para-hydroxylation sites is 2. The van der Waals surface area contributed by atoms with Gasteiger partial charge in [0.05, 0.1) is 20.8 Å². The molecule has 3 rings (SSSR count). The lowest BCUT2D eigenvalue weighted by Crippen LogP contribution is -2.29. The van der Waals surface area contributed by atoms with Crippen molar-refractivity contribution in [3.05, 3.63) is 54.1 Å². The zero-order valence-corrected chi connectivity index (χ0v) is 16.7. The molecule has 0 bridgehead atoms. The van der Waals surface area contributed by atoms with Crippen LogP contribution in [0.5, 0.6) is 17.2 Å². The second kappa shape index (κ2) is 10.0. The number of rotatable bonds is 9. The molecule has 0 spiro atoms. The molecular formula is C23H29NO4. The van der Waals surface area contributed by atoms with Crippen LogP contribution in [0.2, 0.25) is 0 Å². The van der Waals surface area contributed by atoms with Crippen molar-refractivity contribution in [3.63, 3.8) is 0 Å². The molecule has 5 nitrogen and oxygen atoms in total. The quantitative estimate of drug-likeness (QED) is 0.658. The summed E-state index contributed by atoms with van der Waals surface area (Å²) in [6.07, 6.45) is 3.31. The predicted molar refractivity (Wildman–Crippen MR) is 109 cm³/mol. The molecule has 1 aliphatic rings. The Morgan fingerprint density at radius 2 is 1.79 bits per heavy atom. The Balaban J connectivity index is 1.38. The van der Waals surface area contributed by atoms with Crippen LogP contribution < -0.4 is 14.2 Å². The fraction of sp³-hybridized carbons (Fsp3) is 0.435. The van der Waals surface area contributed by atoms with Crippen LogP contribution in [0.25, 0.3) is 0 Å². The van der Waals surface area contributed by atoms with Crippen molar-refractivity contribution < 1.29 is 19.0 Å². The van der Waals surface area contributed by atoms with Crippen molar-refractivity contribution in [2.75, 3.05) is 33.9 Å². The smallest absolute Gasteiger partial charge is 0.222 e. The number of hydrogen-bond acceptors (Lipinski definition) is 4. The largest absolute Gasteiger partial charge is 0.497 e. The topological polar surface area (TPSA) is 48.0 Å². The third-order valence-electron chi connectivity index (χ3n) is 5.28. The lowest BCUT2D eigenvalue weighted by molar-refractivity contribution is -0.130. The van der Waals surface area contributed by atoms with E-state index in [9.17, 15) is 4.79 Å². The van der Waals surface area contributed by atoms with Crippen LogP contribution in [0.15, 0.2) is 48.5 Å². The highest BCUT2D eigenvalue weighted by Gasteiger charge is 2.25. The van der Waals surface area contributed by atoms with Gasteiger partial charge in [-0.1, -0.05) is 24.3 Å². The van der Waals surface area contributed by atoms with E-state index in [-0.39, 0.29) is 5.91 Å². The van der Waals surface area contributed by atoms with Gasteiger partial charge in [-0.05, 0) is 55.0 Å². The van der Waals surface area contributed by atoms with Gasteiger partial charge in [0.15, 0.2) is 11.5 Å². The highest BCUT2D eigenvalue weighted by molar-refractivity contribution is 5.76. The van der Waals surface area contributed by atoms with Gasteiger partial charge >= 0.3 is 0 Å². The SMILES string of the molecule is COc1ccc(CCC(=O)N2CCC(CCOc3ccccc3OC)C2)cc1. The maximum absolute atomic E-state index is 12.5. The molecule has 1 aliphatic heterocycles. The number of amides is 1. The Bertz CT molecular complexity index is 759. The predicted octanol–water partition coefficient (Wildman–Crippen LogP) is 3.95. The lowest BCUT2D eigenvalue weighted by atomic mass is 10.1. The number of ether oxygens (including phenoxy) is 3. The maximum atomic E-state index is 12.5. The lowest BCUT2D eigenvalue weighted by Gasteiger charge is -2.17. The number of aryl methyl sites for hydroxylation is 1. The van der Waals surface area contributed by atoms with E-state index >= 15 is 0 Å². The third kappa shape index (κ3) is 5.41. The first-order valence-electron chi connectivity index (χ1n) is 9.86. The van der Waals surface area contributed by atoms with E-state index in [1.165, 1.54) is 0 Å². The molecule has 0 saturated carbocycles. The van der Waals surface area contributed by atoms with E-state index < -0.39 is 0 Å². The van der Waals surface area contributed by atoms with Crippen molar-refractivity contribution in [2.45, 2.75) is 25.7 Å². The number of nitrogens with zero attached hydrogens (tertiary/aromatic N) is 1. The molecule has 1 amide bonds. The molecule has 0 N–H and O–H groups in total. The molecule has 0 radical (unpaired) electrons. The summed E-state index contributed by atoms with van der Waals surface area (Å²) in [6, 6.07) is 15.6. The van der Waals surface area contributed by atoms with E-state index in [2.05, 4.69) is 0 Å². The average molecular weight is 383 g/mol. The fourth-order valence-corrected chi connectivity index (χ4v) is 3.57. The molecule has 5 heteroatoms. The molecule has 1 fully saturated rings. The van der Waals surface area contributed by atoms with Gasteiger partial charge in [-0.15, -0.1) is 0 Å². The van der Waals surface area contributed by atoms with Gasteiger partial charge in [0.1, 0.15) is 5.75 Å². The highest BCUT2D eigenvalue weighted by atomic mass is 16.5. The normalized spacial score (nSPS) is 16.1. The fourth-order valence-electron chi connectivity index (χ4n) is 3.57.